The molecular formula is C20H16ClN5O2. The molecule has 0 fully saturated rings. The number of hydrogen-bond acceptors (Lipinski definition) is 5. The molecule has 4 heterocycles. The molecule has 0 saturated heterocycles. The number of nitrogens with one attached hydrogen (secondary N) is 2. The number of rotatable bonds is 4. The van der Waals surface area contributed by atoms with Gasteiger partial charge in [-0.3, -0.25) is 14.8 Å². The lowest BCUT2D eigenvalue weighted by molar-refractivity contribution is -0.114. The third kappa shape index (κ3) is 3.39. The monoisotopic (exact) mass is 393 g/mol. The van der Waals surface area contributed by atoms with Crippen molar-refractivity contribution in [2.45, 2.75) is 6.92 Å². The zero-order chi connectivity index (χ0) is 19.7. The van der Waals surface area contributed by atoms with Gasteiger partial charge in [0.05, 0.1) is 46.3 Å². The molecule has 0 saturated carbocycles. The molecule has 0 aliphatic rings. The highest BCUT2D eigenvalue weighted by Crippen LogP contribution is 2.38. The molecule has 0 atom stereocenters. The van der Waals surface area contributed by atoms with Crippen LogP contribution in [-0.4, -0.2) is 33.0 Å². The van der Waals surface area contributed by atoms with Gasteiger partial charge in [-0.15, -0.1) is 0 Å². The molecule has 0 spiro atoms. The van der Waals surface area contributed by atoms with Crippen molar-refractivity contribution in [1.82, 2.24) is 19.9 Å². The summed E-state index contributed by atoms with van der Waals surface area (Å²) in [5.74, 6) is 0.918. The predicted octanol–water partition coefficient (Wildman–Crippen LogP) is 4.31. The van der Waals surface area contributed by atoms with E-state index in [-0.39, 0.29) is 5.91 Å². The molecule has 7 nitrogen and oxygen atoms in total. The largest absolute Gasteiger partial charge is 0.495 e. The number of aromatic amines is 1. The van der Waals surface area contributed by atoms with Gasteiger partial charge in [0, 0.05) is 30.9 Å². The SMILES string of the molecule is COc1cnc2c(-c3ccc(Cl)cn3)c(-c3ccnc(NC(C)=O)c3)[nH]c2c1. The molecule has 0 aliphatic carbocycles. The van der Waals surface area contributed by atoms with E-state index in [1.54, 1.807) is 37.8 Å². The summed E-state index contributed by atoms with van der Waals surface area (Å²) in [6.07, 6.45) is 4.90. The molecule has 28 heavy (non-hydrogen) atoms. The number of carbonyl (C=O) groups excluding carboxylic acids is 1. The van der Waals surface area contributed by atoms with Crippen LogP contribution in [0.4, 0.5) is 5.82 Å². The smallest absolute Gasteiger partial charge is 0.222 e. The van der Waals surface area contributed by atoms with Crippen LogP contribution in [0, 0.1) is 0 Å². The van der Waals surface area contributed by atoms with Crippen LogP contribution in [0.25, 0.3) is 33.5 Å². The van der Waals surface area contributed by atoms with Crippen molar-refractivity contribution in [1.29, 1.82) is 0 Å². The Balaban J connectivity index is 1.95. The number of nitrogens with zero attached hydrogens (tertiary/aromatic N) is 3. The number of ether oxygens (including phenoxy) is 1. The zero-order valence-corrected chi connectivity index (χ0v) is 15.9. The van der Waals surface area contributed by atoms with E-state index in [0.29, 0.717) is 16.6 Å². The Kier molecular flexibility index (Phi) is 4.67. The Morgan fingerprint density at radius 3 is 2.71 bits per heavy atom. The van der Waals surface area contributed by atoms with Gasteiger partial charge in [-0.05, 0) is 24.3 Å². The van der Waals surface area contributed by atoms with Crippen molar-refractivity contribution in [2.75, 3.05) is 12.4 Å². The van der Waals surface area contributed by atoms with Crippen LogP contribution in [0.1, 0.15) is 6.92 Å². The van der Waals surface area contributed by atoms with Crippen LogP contribution in [0.2, 0.25) is 5.02 Å². The van der Waals surface area contributed by atoms with E-state index in [0.717, 1.165) is 33.5 Å². The molecule has 8 heteroatoms. The Morgan fingerprint density at radius 2 is 2.00 bits per heavy atom. The fourth-order valence-electron chi connectivity index (χ4n) is 2.99. The number of amides is 1. The van der Waals surface area contributed by atoms with Gasteiger partial charge in [-0.2, -0.15) is 0 Å². The van der Waals surface area contributed by atoms with Crippen LogP contribution in [-0.2, 0) is 4.79 Å². The lowest BCUT2D eigenvalue weighted by atomic mass is 10.0. The first-order valence-corrected chi connectivity index (χ1v) is 8.84. The highest BCUT2D eigenvalue weighted by atomic mass is 35.5. The average Bonchev–Trinajstić information content (AvgIpc) is 3.07. The molecule has 4 rings (SSSR count). The minimum atomic E-state index is -0.188. The van der Waals surface area contributed by atoms with Gasteiger partial charge in [0.15, 0.2) is 0 Å². The fraction of sp³-hybridized carbons (Fsp3) is 0.100. The Morgan fingerprint density at radius 1 is 1.14 bits per heavy atom. The predicted molar refractivity (Wildman–Crippen MR) is 108 cm³/mol. The average molecular weight is 394 g/mol. The van der Waals surface area contributed by atoms with Gasteiger partial charge in [0.25, 0.3) is 0 Å². The molecule has 0 unspecified atom stereocenters. The van der Waals surface area contributed by atoms with E-state index in [9.17, 15) is 4.79 Å². The maximum Gasteiger partial charge on any atom is 0.222 e. The van der Waals surface area contributed by atoms with Crippen LogP contribution in [0.15, 0.2) is 48.9 Å². The van der Waals surface area contributed by atoms with E-state index in [1.807, 2.05) is 18.2 Å². The Hall–Kier alpha value is -3.45. The first-order chi connectivity index (χ1) is 13.5. The molecule has 0 radical (unpaired) electrons. The van der Waals surface area contributed by atoms with Crippen molar-refractivity contribution >= 4 is 34.4 Å². The molecule has 140 valence electrons. The van der Waals surface area contributed by atoms with Gasteiger partial charge in [0.2, 0.25) is 5.91 Å². The maximum atomic E-state index is 11.4. The van der Waals surface area contributed by atoms with Crippen molar-refractivity contribution < 1.29 is 9.53 Å². The number of hydrogen-bond donors (Lipinski definition) is 2. The number of carbonyl (C=O) groups is 1. The lowest BCUT2D eigenvalue weighted by Crippen LogP contribution is -2.07. The minimum absolute atomic E-state index is 0.188. The van der Waals surface area contributed by atoms with Crippen LogP contribution in [0.3, 0.4) is 0 Å². The normalized spacial score (nSPS) is 10.8. The first kappa shape index (κ1) is 17.9. The molecular weight excluding hydrogens is 378 g/mol. The highest BCUT2D eigenvalue weighted by Gasteiger charge is 2.18. The molecule has 2 N–H and O–H groups in total. The van der Waals surface area contributed by atoms with E-state index in [1.165, 1.54) is 6.92 Å². The second-order valence-electron chi connectivity index (χ2n) is 6.12. The van der Waals surface area contributed by atoms with Crippen molar-refractivity contribution in [3.8, 4) is 28.3 Å². The van der Waals surface area contributed by atoms with Gasteiger partial charge in [0.1, 0.15) is 11.6 Å². The van der Waals surface area contributed by atoms with Gasteiger partial charge < -0.3 is 15.0 Å². The van der Waals surface area contributed by atoms with Crippen molar-refractivity contribution in [2.24, 2.45) is 0 Å². The topological polar surface area (TPSA) is 92.8 Å². The van der Waals surface area contributed by atoms with Gasteiger partial charge in [-0.25, -0.2) is 4.98 Å². The van der Waals surface area contributed by atoms with E-state index >= 15 is 0 Å². The van der Waals surface area contributed by atoms with E-state index < -0.39 is 0 Å². The third-order valence-corrected chi connectivity index (χ3v) is 4.40. The molecule has 0 aromatic carbocycles. The summed E-state index contributed by atoms with van der Waals surface area (Å²) in [6.45, 7) is 1.44. The third-order valence-electron chi connectivity index (χ3n) is 4.18. The molecule has 0 aliphatic heterocycles. The van der Waals surface area contributed by atoms with Crippen LogP contribution < -0.4 is 10.1 Å². The number of halogens is 1. The standard InChI is InChI=1S/C20H16ClN5O2/c1-11(27)25-17-7-12(5-6-22-17)19-18(15-4-3-13(21)9-23-15)20-16(26-19)8-14(28-2)10-24-20/h3-10,26H,1-2H3,(H,22,25,27). The quantitative estimate of drug-likeness (QED) is 0.539. The van der Waals surface area contributed by atoms with Crippen molar-refractivity contribution in [3.05, 3.63) is 53.9 Å². The van der Waals surface area contributed by atoms with Gasteiger partial charge >= 0.3 is 0 Å². The Labute approximate surface area is 165 Å². The number of methoxy groups -OCH3 is 1. The summed E-state index contributed by atoms with van der Waals surface area (Å²) in [5, 5.41) is 3.25. The fourth-order valence-corrected chi connectivity index (χ4v) is 3.10. The summed E-state index contributed by atoms with van der Waals surface area (Å²) in [7, 11) is 1.59. The molecule has 4 aromatic rings. The number of H-pyrrole nitrogens is 1. The number of anilines is 1. The molecule has 1 amide bonds. The highest BCUT2D eigenvalue weighted by molar-refractivity contribution is 6.30. The van der Waals surface area contributed by atoms with E-state index in [4.69, 9.17) is 16.3 Å². The summed E-state index contributed by atoms with van der Waals surface area (Å²) >= 11 is 6.01. The van der Waals surface area contributed by atoms with Crippen molar-refractivity contribution in [3.63, 3.8) is 0 Å². The summed E-state index contributed by atoms with van der Waals surface area (Å²) in [4.78, 5) is 28.0. The number of aromatic nitrogens is 4. The molecule has 0 bridgehead atoms. The zero-order valence-electron chi connectivity index (χ0n) is 15.2. The second kappa shape index (κ2) is 7.28. The number of pyridine rings is 3. The van der Waals surface area contributed by atoms with Crippen LogP contribution >= 0.6 is 11.6 Å². The summed E-state index contributed by atoms with van der Waals surface area (Å²) in [6, 6.07) is 9.15. The van der Waals surface area contributed by atoms with Crippen LogP contribution in [0.5, 0.6) is 5.75 Å². The Bertz CT molecular complexity index is 1170. The summed E-state index contributed by atoms with van der Waals surface area (Å²) < 4.78 is 5.29. The van der Waals surface area contributed by atoms with Gasteiger partial charge in [-0.1, -0.05) is 11.6 Å². The second-order valence-corrected chi connectivity index (χ2v) is 6.56. The first-order valence-electron chi connectivity index (χ1n) is 8.47. The lowest BCUT2D eigenvalue weighted by Gasteiger charge is -2.07. The summed E-state index contributed by atoms with van der Waals surface area (Å²) in [5.41, 5.74) is 4.75. The van der Waals surface area contributed by atoms with E-state index in [2.05, 4.69) is 25.3 Å². The maximum absolute atomic E-state index is 11.4. The number of fused-ring (bicyclic) bond motifs is 1. The molecule has 4 aromatic heterocycles. The minimum Gasteiger partial charge on any atom is -0.495 e.